The maximum atomic E-state index is 11.5. The van der Waals surface area contributed by atoms with Crippen molar-refractivity contribution in [3.05, 3.63) is 34.7 Å². The van der Waals surface area contributed by atoms with E-state index in [1.54, 1.807) is 18.2 Å². The molecule has 1 unspecified atom stereocenters. The van der Waals surface area contributed by atoms with Crippen molar-refractivity contribution in [1.82, 2.24) is 0 Å². The van der Waals surface area contributed by atoms with Gasteiger partial charge in [0.1, 0.15) is 0 Å². The number of nitroso groups, excluding NO2 is 1. The number of Topliss-reactive ketones (excluding diaryl/α,β-unsaturated/α-hetero) is 1. The van der Waals surface area contributed by atoms with Crippen molar-refractivity contribution in [2.45, 2.75) is 19.9 Å². The first-order valence-electron chi connectivity index (χ1n) is 4.75. The fourth-order valence-electron chi connectivity index (χ4n) is 1.24. The zero-order valence-corrected chi connectivity index (χ0v) is 9.06. The van der Waals surface area contributed by atoms with Crippen molar-refractivity contribution in [2.75, 3.05) is 5.32 Å². The molecule has 0 spiro atoms. The molecule has 0 aliphatic carbocycles. The van der Waals surface area contributed by atoms with Crippen LogP contribution < -0.4 is 5.32 Å². The number of aryl methyl sites for hydroxylation is 1. The predicted molar refractivity (Wildman–Crippen MR) is 60.1 cm³/mol. The van der Waals surface area contributed by atoms with Crippen LogP contribution in [0.25, 0.3) is 0 Å². The van der Waals surface area contributed by atoms with E-state index in [0.29, 0.717) is 5.69 Å². The van der Waals surface area contributed by atoms with Gasteiger partial charge in [0.25, 0.3) is 5.91 Å². The summed E-state index contributed by atoms with van der Waals surface area (Å²) in [5.74, 6) is -1.27. The summed E-state index contributed by atoms with van der Waals surface area (Å²) >= 11 is 0. The van der Waals surface area contributed by atoms with Crippen LogP contribution in [0.15, 0.2) is 29.4 Å². The summed E-state index contributed by atoms with van der Waals surface area (Å²) in [6, 6.07) is 5.57. The first-order chi connectivity index (χ1) is 7.54. The fourth-order valence-corrected chi connectivity index (χ4v) is 1.24. The molecule has 0 saturated heterocycles. The summed E-state index contributed by atoms with van der Waals surface area (Å²) in [5, 5.41) is 4.96. The molecule has 1 N–H and O–H groups in total. The maximum absolute atomic E-state index is 11.5. The molecule has 0 aliphatic rings. The number of carbonyl (C=O) groups excluding carboxylic acids is 2. The normalized spacial score (nSPS) is 11.6. The molecule has 0 bridgehead atoms. The third-order valence-corrected chi connectivity index (χ3v) is 2.02. The van der Waals surface area contributed by atoms with Gasteiger partial charge in [-0.15, -0.1) is 4.91 Å². The van der Waals surface area contributed by atoms with Crippen LogP contribution in [-0.4, -0.2) is 17.7 Å². The third-order valence-electron chi connectivity index (χ3n) is 2.02. The lowest BCUT2D eigenvalue weighted by molar-refractivity contribution is -0.126. The topological polar surface area (TPSA) is 75.6 Å². The first-order valence-corrected chi connectivity index (χ1v) is 4.75. The Balaban J connectivity index is 2.78. The number of anilines is 1. The second-order valence-electron chi connectivity index (χ2n) is 3.48. The number of amides is 1. The van der Waals surface area contributed by atoms with Gasteiger partial charge in [-0.3, -0.25) is 9.59 Å². The molecule has 5 nitrogen and oxygen atoms in total. The zero-order chi connectivity index (χ0) is 12.1. The number of rotatable bonds is 4. The summed E-state index contributed by atoms with van der Waals surface area (Å²) in [6.07, 6.45) is 0. The highest BCUT2D eigenvalue weighted by Crippen LogP contribution is 2.10. The summed E-state index contributed by atoms with van der Waals surface area (Å²) in [6.45, 7) is 3.03. The monoisotopic (exact) mass is 220 g/mol. The van der Waals surface area contributed by atoms with Gasteiger partial charge in [0, 0.05) is 5.69 Å². The zero-order valence-electron chi connectivity index (χ0n) is 9.06. The average Bonchev–Trinajstić information content (AvgIpc) is 2.17. The lowest BCUT2D eigenvalue weighted by Gasteiger charge is -2.07. The molecule has 0 aromatic heterocycles. The second-order valence-corrected chi connectivity index (χ2v) is 3.48. The van der Waals surface area contributed by atoms with Crippen molar-refractivity contribution in [3.63, 3.8) is 0 Å². The molecule has 16 heavy (non-hydrogen) atoms. The molecular formula is C11H12N2O3. The highest BCUT2D eigenvalue weighted by Gasteiger charge is 2.23. The first kappa shape index (κ1) is 12.0. The van der Waals surface area contributed by atoms with Crippen LogP contribution in [0, 0.1) is 11.8 Å². The standard InChI is InChI=1S/C11H12N2O3/c1-7-4-3-5-9(6-7)12-11(15)10(13-16)8(2)14/h3-6,10H,1-2H3,(H,12,15). The Morgan fingerprint density at radius 2 is 2.06 bits per heavy atom. The lowest BCUT2D eigenvalue weighted by Crippen LogP contribution is -2.31. The number of nitrogens with one attached hydrogen (secondary N) is 1. The van der Waals surface area contributed by atoms with Gasteiger partial charge in [0.15, 0.2) is 5.78 Å². The number of hydrogen-bond donors (Lipinski definition) is 1. The Kier molecular flexibility index (Phi) is 3.88. The van der Waals surface area contributed by atoms with Crippen molar-refractivity contribution < 1.29 is 9.59 Å². The van der Waals surface area contributed by atoms with Crippen LogP contribution >= 0.6 is 0 Å². The van der Waals surface area contributed by atoms with Crippen molar-refractivity contribution >= 4 is 17.4 Å². The van der Waals surface area contributed by atoms with Gasteiger partial charge in [-0.2, -0.15) is 0 Å². The number of ketones is 1. The molecule has 1 aromatic rings. The van der Waals surface area contributed by atoms with E-state index >= 15 is 0 Å². The molecule has 1 amide bonds. The molecular weight excluding hydrogens is 208 g/mol. The largest absolute Gasteiger partial charge is 0.324 e. The molecule has 84 valence electrons. The number of benzene rings is 1. The van der Waals surface area contributed by atoms with Gasteiger partial charge in [-0.05, 0) is 36.7 Å². The summed E-state index contributed by atoms with van der Waals surface area (Å²) in [7, 11) is 0. The van der Waals surface area contributed by atoms with Gasteiger partial charge in [0.05, 0.1) is 0 Å². The van der Waals surface area contributed by atoms with E-state index in [0.717, 1.165) is 12.5 Å². The smallest absolute Gasteiger partial charge is 0.260 e. The maximum Gasteiger partial charge on any atom is 0.260 e. The predicted octanol–water partition coefficient (Wildman–Crippen LogP) is 1.66. The minimum Gasteiger partial charge on any atom is -0.324 e. The van der Waals surface area contributed by atoms with Crippen LogP contribution in [-0.2, 0) is 9.59 Å². The third kappa shape index (κ3) is 2.98. The Morgan fingerprint density at radius 3 is 2.56 bits per heavy atom. The number of hydrogen-bond acceptors (Lipinski definition) is 4. The van der Waals surface area contributed by atoms with Crippen LogP contribution in [0.1, 0.15) is 12.5 Å². The minimum absolute atomic E-state index is 0.542. The average molecular weight is 220 g/mol. The van der Waals surface area contributed by atoms with E-state index in [1.807, 2.05) is 13.0 Å². The molecule has 0 saturated carbocycles. The quantitative estimate of drug-likeness (QED) is 0.619. The van der Waals surface area contributed by atoms with Crippen LogP contribution in [0.3, 0.4) is 0 Å². The van der Waals surface area contributed by atoms with Crippen LogP contribution in [0.4, 0.5) is 5.69 Å². The van der Waals surface area contributed by atoms with E-state index < -0.39 is 17.7 Å². The number of carbonyl (C=O) groups is 2. The molecule has 0 fully saturated rings. The molecule has 0 radical (unpaired) electrons. The van der Waals surface area contributed by atoms with Gasteiger partial charge in [-0.25, -0.2) is 0 Å². The second kappa shape index (κ2) is 5.16. The highest BCUT2D eigenvalue weighted by molar-refractivity contribution is 6.10. The summed E-state index contributed by atoms with van der Waals surface area (Å²) < 4.78 is 0. The van der Waals surface area contributed by atoms with Crippen molar-refractivity contribution in [1.29, 1.82) is 0 Å². The Morgan fingerprint density at radius 1 is 1.38 bits per heavy atom. The van der Waals surface area contributed by atoms with E-state index in [9.17, 15) is 14.5 Å². The molecule has 1 aromatic carbocycles. The van der Waals surface area contributed by atoms with Crippen LogP contribution in [0.2, 0.25) is 0 Å². The van der Waals surface area contributed by atoms with Gasteiger partial charge in [0.2, 0.25) is 6.04 Å². The highest BCUT2D eigenvalue weighted by atomic mass is 16.3. The van der Waals surface area contributed by atoms with Crippen molar-refractivity contribution in [2.24, 2.45) is 5.18 Å². The Bertz CT molecular complexity index is 429. The van der Waals surface area contributed by atoms with Gasteiger partial charge in [-0.1, -0.05) is 12.1 Å². The summed E-state index contributed by atoms with van der Waals surface area (Å²) in [5.41, 5.74) is 1.51. The Labute approximate surface area is 92.8 Å². The SMILES string of the molecule is CC(=O)C(N=O)C(=O)Nc1cccc(C)c1. The Hall–Kier alpha value is -2.04. The van der Waals surface area contributed by atoms with E-state index in [4.69, 9.17) is 0 Å². The molecule has 5 heteroatoms. The van der Waals surface area contributed by atoms with Crippen molar-refractivity contribution in [3.8, 4) is 0 Å². The van der Waals surface area contributed by atoms with Gasteiger partial charge < -0.3 is 5.32 Å². The number of nitrogens with zero attached hydrogens (tertiary/aromatic N) is 1. The van der Waals surface area contributed by atoms with E-state index in [-0.39, 0.29) is 0 Å². The molecule has 1 atom stereocenters. The van der Waals surface area contributed by atoms with E-state index in [2.05, 4.69) is 10.5 Å². The summed E-state index contributed by atoms with van der Waals surface area (Å²) in [4.78, 5) is 32.7. The molecule has 0 aliphatic heterocycles. The molecule has 1 rings (SSSR count). The van der Waals surface area contributed by atoms with E-state index in [1.165, 1.54) is 0 Å². The minimum atomic E-state index is -1.47. The lowest BCUT2D eigenvalue weighted by atomic mass is 10.2. The van der Waals surface area contributed by atoms with Gasteiger partial charge >= 0.3 is 0 Å². The van der Waals surface area contributed by atoms with Crippen LogP contribution in [0.5, 0.6) is 0 Å². The molecule has 0 heterocycles. The fraction of sp³-hybridized carbons (Fsp3) is 0.273.